The van der Waals surface area contributed by atoms with Gasteiger partial charge in [-0.05, 0) is 23.3 Å². The van der Waals surface area contributed by atoms with E-state index in [4.69, 9.17) is 5.73 Å². The zero-order valence-electron chi connectivity index (χ0n) is 14.2. The van der Waals surface area contributed by atoms with E-state index in [9.17, 15) is 14.7 Å². The number of halogens is 1. The third-order valence-electron chi connectivity index (χ3n) is 4.82. The van der Waals surface area contributed by atoms with Crippen molar-refractivity contribution in [2.75, 3.05) is 12.3 Å². The van der Waals surface area contributed by atoms with E-state index in [0.29, 0.717) is 5.75 Å². The monoisotopic (exact) mass is 464 g/mol. The lowest BCUT2D eigenvalue weighted by molar-refractivity contribution is -0.148. The fourth-order valence-corrected chi connectivity index (χ4v) is 6.92. The van der Waals surface area contributed by atoms with Crippen LogP contribution in [0.2, 0.25) is 0 Å². The van der Waals surface area contributed by atoms with Crippen molar-refractivity contribution in [1.29, 1.82) is 0 Å². The first kappa shape index (κ1) is 18.9. The van der Waals surface area contributed by atoms with Crippen LogP contribution in [0, 0.1) is 0 Å². The summed E-state index contributed by atoms with van der Waals surface area (Å²) in [5.74, 6) is -0.665. The quantitative estimate of drug-likeness (QED) is 0.675. The number of thioether (sulfide) groups is 2. The van der Waals surface area contributed by atoms with Gasteiger partial charge in [-0.25, -0.2) is 0 Å². The van der Waals surface area contributed by atoms with Crippen LogP contribution < -0.4 is 5.73 Å². The Bertz CT molecular complexity index is 911. The van der Waals surface area contributed by atoms with Gasteiger partial charge in [0.1, 0.15) is 16.2 Å². The average molecular weight is 465 g/mol. The van der Waals surface area contributed by atoms with Crippen molar-refractivity contribution in [3.8, 4) is 11.1 Å². The lowest BCUT2D eigenvalue weighted by Gasteiger charge is -2.52. The van der Waals surface area contributed by atoms with Crippen molar-refractivity contribution in [3.63, 3.8) is 0 Å². The number of nitrogens with two attached hydrogens (primary N) is 1. The summed E-state index contributed by atoms with van der Waals surface area (Å²) in [6.45, 7) is 0.176. The molecule has 2 fully saturated rings. The highest BCUT2D eigenvalue weighted by atomic mass is 79.9. The third kappa shape index (κ3) is 3.29. The summed E-state index contributed by atoms with van der Waals surface area (Å²) in [6.07, 6.45) is 0. The number of benzene rings is 2. The first-order valence-electron chi connectivity index (χ1n) is 8.36. The average Bonchev–Trinajstić information content (AvgIpc) is 2.68. The molecule has 2 aromatic rings. The van der Waals surface area contributed by atoms with Gasteiger partial charge in [-0.3, -0.25) is 9.59 Å². The Hall–Kier alpha value is -1.48. The van der Waals surface area contributed by atoms with Crippen molar-refractivity contribution in [3.05, 3.63) is 53.0 Å². The first-order valence-corrected chi connectivity index (χ1v) is 11.0. The molecule has 140 valence electrons. The van der Waals surface area contributed by atoms with E-state index in [2.05, 4.69) is 15.9 Å². The number of carbonyl (C=O) groups is 2. The summed E-state index contributed by atoms with van der Waals surface area (Å²) in [4.78, 5) is 26.5. The maximum Gasteiger partial charge on any atom is 0.322 e. The van der Waals surface area contributed by atoms with Gasteiger partial charge in [0.15, 0.2) is 0 Å². The number of aliphatic carboxylic acids is 1. The molecule has 0 bridgehead atoms. The molecular weight excluding hydrogens is 448 g/mol. The number of hydrogen-bond donors (Lipinski definition) is 2. The number of rotatable bonds is 4. The van der Waals surface area contributed by atoms with Crippen molar-refractivity contribution >= 4 is 51.3 Å². The van der Waals surface area contributed by atoms with Crippen LogP contribution in [0.4, 0.5) is 0 Å². The highest BCUT2D eigenvalue weighted by Crippen LogP contribution is 2.46. The summed E-state index contributed by atoms with van der Waals surface area (Å²) < 4.78 is -0.173. The molecule has 4 rings (SSSR count). The molecule has 2 aromatic carbocycles. The number of carboxylic acid groups (broad SMARTS) is 1. The molecule has 3 atom stereocenters. The topological polar surface area (TPSA) is 83.6 Å². The van der Waals surface area contributed by atoms with Crippen LogP contribution in [0.5, 0.6) is 0 Å². The standard InChI is InChI=1S/C19H17BrN2O3S2/c20-14-8-12(6-7-13(14)11-4-2-1-3-5-11)27-19(18(24)25)9-22-16(23)15(21)17(22)26-10-19/h1-8,15,17H,9-10,21H2,(H,24,25)/t15-,17-,19?/m1/s1. The Kier molecular flexibility index (Phi) is 5.00. The van der Waals surface area contributed by atoms with Gasteiger partial charge in [-0.2, -0.15) is 0 Å². The van der Waals surface area contributed by atoms with Gasteiger partial charge >= 0.3 is 5.97 Å². The summed E-state index contributed by atoms with van der Waals surface area (Å²) in [5.41, 5.74) is 7.95. The molecule has 2 aliphatic rings. The molecule has 27 heavy (non-hydrogen) atoms. The zero-order chi connectivity index (χ0) is 19.2. The maximum absolute atomic E-state index is 12.1. The molecule has 8 heteroatoms. The molecular formula is C19H17BrN2O3S2. The summed E-state index contributed by atoms with van der Waals surface area (Å²) >= 11 is 6.35. The Balaban J connectivity index is 1.59. The number of carboxylic acids is 1. The van der Waals surface area contributed by atoms with Gasteiger partial charge in [0.25, 0.3) is 0 Å². The summed E-state index contributed by atoms with van der Waals surface area (Å²) in [7, 11) is 0. The second-order valence-corrected chi connectivity index (χ2v) is 10.0. The van der Waals surface area contributed by atoms with Crippen LogP contribution in [-0.2, 0) is 9.59 Å². The van der Waals surface area contributed by atoms with Gasteiger partial charge in [-0.1, -0.05) is 52.3 Å². The fourth-order valence-electron chi connectivity index (χ4n) is 3.32. The number of fused-ring (bicyclic) bond motifs is 1. The highest BCUT2D eigenvalue weighted by Gasteiger charge is 2.56. The van der Waals surface area contributed by atoms with Crippen molar-refractivity contribution in [2.45, 2.75) is 21.1 Å². The van der Waals surface area contributed by atoms with Crippen molar-refractivity contribution in [2.24, 2.45) is 5.73 Å². The van der Waals surface area contributed by atoms with Crippen LogP contribution >= 0.6 is 39.5 Å². The van der Waals surface area contributed by atoms with E-state index in [1.807, 2.05) is 48.5 Å². The molecule has 2 aliphatic heterocycles. The van der Waals surface area contributed by atoms with Gasteiger partial charge in [-0.15, -0.1) is 23.5 Å². The van der Waals surface area contributed by atoms with Gasteiger partial charge < -0.3 is 15.7 Å². The normalized spacial score (nSPS) is 27.0. The molecule has 1 unspecified atom stereocenters. The molecule has 5 nitrogen and oxygen atoms in total. The van der Waals surface area contributed by atoms with E-state index in [1.54, 1.807) is 4.90 Å². The minimum absolute atomic E-state index is 0.0993. The molecule has 1 amide bonds. The Labute approximate surface area is 173 Å². The van der Waals surface area contributed by atoms with Crippen LogP contribution in [0.1, 0.15) is 0 Å². The second kappa shape index (κ2) is 7.16. The molecule has 2 heterocycles. The molecule has 0 spiro atoms. The number of amides is 1. The Morgan fingerprint density at radius 3 is 2.70 bits per heavy atom. The number of nitrogens with zero attached hydrogens (tertiary/aromatic N) is 1. The highest BCUT2D eigenvalue weighted by molar-refractivity contribution is 9.10. The molecule has 0 saturated carbocycles. The second-order valence-electron chi connectivity index (χ2n) is 6.60. The number of β-lactam (4-membered cyclic amide) rings is 1. The lowest BCUT2D eigenvalue weighted by atomic mass is 10.0. The SMILES string of the molecule is N[C@@H]1C(=O)N2CC(Sc3ccc(-c4ccccc4)c(Br)c3)(C(=O)O)CS[C@H]12. The van der Waals surface area contributed by atoms with Crippen LogP contribution in [0.15, 0.2) is 57.9 Å². The molecule has 2 saturated heterocycles. The van der Waals surface area contributed by atoms with Crippen molar-refractivity contribution in [1.82, 2.24) is 4.90 Å². The first-order chi connectivity index (χ1) is 12.9. The largest absolute Gasteiger partial charge is 0.480 e. The minimum atomic E-state index is -1.08. The fraction of sp³-hybridized carbons (Fsp3) is 0.263. The molecule has 0 aliphatic carbocycles. The van der Waals surface area contributed by atoms with Gasteiger partial charge in [0.2, 0.25) is 5.91 Å². The van der Waals surface area contributed by atoms with E-state index in [-0.39, 0.29) is 17.8 Å². The Morgan fingerprint density at radius 2 is 2.04 bits per heavy atom. The number of carbonyl (C=O) groups excluding carboxylic acids is 1. The smallest absolute Gasteiger partial charge is 0.322 e. The maximum atomic E-state index is 12.1. The molecule has 0 aromatic heterocycles. The zero-order valence-corrected chi connectivity index (χ0v) is 17.4. The van der Waals surface area contributed by atoms with Crippen LogP contribution in [0.3, 0.4) is 0 Å². The number of hydrogen-bond acceptors (Lipinski definition) is 5. The Morgan fingerprint density at radius 1 is 1.30 bits per heavy atom. The van der Waals surface area contributed by atoms with Gasteiger partial charge in [0.05, 0.1) is 0 Å². The van der Waals surface area contributed by atoms with Gasteiger partial charge in [0, 0.05) is 21.7 Å². The molecule has 0 radical (unpaired) electrons. The lowest BCUT2D eigenvalue weighted by Crippen LogP contribution is -2.73. The minimum Gasteiger partial charge on any atom is -0.480 e. The predicted molar refractivity (Wildman–Crippen MR) is 112 cm³/mol. The van der Waals surface area contributed by atoms with E-state index in [0.717, 1.165) is 20.5 Å². The predicted octanol–water partition coefficient (Wildman–Crippen LogP) is 3.27. The van der Waals surface area contributed by atoms with E-state index in [1.165, 1.54) is 23.5 Å². The van der Waals surface area contributed by atoms with Crippen molar-refractivity contribution < 1.29 is 14.7 Å². The molecule has 3 N–H and O–H groups in total. The van der Waals surface area contributed by atoms with Crippen LogP contribution in [-0.4, -0.2) is 50.3 Å². The van der Waals surface area contributed by atoms with E-state index < -0.39 is 16.8 Å². The van der Waals surface area contributed by atoms with Crippen LogP contribution in [0.25, 0.3) is 11.1 Å². The van der Waals surface area contributed by atoms with E-state index >= 15 is 0 Å². The summed E-state index contributed by atoms with van der Waals surface area (Å²) in [6, 6.07) is 15.3. The third-order valence-corrected chi connectivity index (χ3v) is 8.54. The summed E-state index contributed by atoms with van der Waals surface area (Å²) in [5, 5.41) is 9.82.